The van der Waals surface area contributed by atoms with Gasteiger partial charge in [0.25, 0.3) is 5.69 Å². The average molecular weight is 332 g/mol. The lowest BCUT2D eigenvalue weighted by atomic mass is 10.1. The van der Waals surface area contributed by atoms with E-state index in [1.54, 1.807) is 0 Å². The Balaban J connectivity index is 2.36. The van der Waals surface area contributed by atoms with Gasteiger partial charge in [-0.15, -0.1) is 0 Å². The van der Waals surface area contributed by atoms with Crippen LogP contribution in [-0.2, 0) is 4.74 Å². The van der Waals surface area contributed by atoms with Crippen LogP contribution in [0, 0.1) is 10.1 Å². The highest BCUT2D eigenvalue weighted by Crippen LogP contribution is 2.34. The van der Waals surface area contributed by atoms with E-state index in [9.17, 15) is 14.9 Å². The van der Waals surface area contributed by atoms with Crippen LogP contribution < -0.4 is 4.74 Å². The fourth-order valence-corrected chi connectivity index (χ4v) is 2.17. The molecule has 1 aromatic rings. The summed E-state index contributed by atoms with van der Waals surface area (Å²) in [5, 5.41) is 19.8. The minimum atomic E-state index is -1.37. The molecule has 0 spiro atoms. The molecule has 1 heterocycles. The minimum Gasteiger partial charge on any atom is -0.487 e. The molecule has 0 saturated carbocycles. The van der Waals surface area contributed by atoms with Gasteiger partial charge in [0.05, 0.1) is 22.6 Å². The summed E-state index contributed by atoms with van der Waals surface area (Å²) in [6, 6.07) is 2.29. The van der Waals surface area contributed by atoms with Crippen LogP contribution in [0.1, 0.15) is 16.8 Å². The molecule has 1 aliphatic heterocycles. The summed E-state index contributed by atoms with van der Waals surface area (Å²) in [4.78, 5) is 21.1. The van der Waals surface area contributed by atoms with Crippen LogP contribution in [0.3, 0.4) is 0 Å². The van der Waals surface area contributed by atoms with Gasteiger partial charge in [-0.3, -0.25) is 10.1 Å². The van der Waals surface area contributed by atoms with Crippen molar-refractivity contribution in [3.05, 3.63) is 32.3 Å². The summed E-state index contributed by atoms with van der Waals surface area (Å²) in [5.41, 5.74) is -0.878. The quantitative estimate of drug-likeness (QED) is 0.670. The number of benzene rings is 1. The number of carboxylic acid groups (broad SMARTS) is 1. The first-order valence-electron chi connectivity index (χ1n) is 5.44. The second kappa shape index (κ2) is 5.54. The maximum absolute atomic E-state index is 11.0. The molecule has 8 heteroatoms. The largest absolute Gasteiger partial charge is 0.487 e. The van der Waals surface area contributed by atoms with E-state index in [-0.39, 0.29) is 11.9 Å². The van der Waals surface area contributed by atoms with Gasteiger partial charge in [0.15, 0.2) is 0 Å². The Hall–Kier alpha value is -1.67. The van der Waals surface area contributed by atoms with E-state index in [1.165, 1.54) is 0 Å². The number of aromatic carboxylic acids is 1. The van der Waals surface area contributed by atoms with Crippen LogP contribution >= 0.6 is 15.9 Å². The number of carbonyl (C=O) groups is 1. The fraction of sp³-hybridized carbons (Fsp3) is 0.364. The van der Waals surface area contributed by atoms with E-state index >= 15 is 0 Å². The average Bonchev–Trinajstić information content (AvgIpc) is 2.83. The van der Waals surface area contributed by atoms with E-state index < -0.39 is 22.1 Å². The van der Waals surface area contributed by atoms with Crippen molar-refractivity contribution in [1.29, 1.82) is 0 Å². The van der Waals surface area contributed by atoms with E-state index in [1.807, 2.05) is 0 Å². The summed E-state index contributed by atoms with van der Waals surface area (Å²) in [6.45, 7) is 1.01. The zero-order chi connectivity index (χ0) is 14.0. The van der Waals surface area contributed by atoms with Crippen LogP contribution in [0.4, 0.5) is 5.69 Å². The number of nitrogens with zero attached hydrogens (tertiary/aromatic N) is 1. The molecule has 0 bridgehead atoms. The topological polar surface area (TPSA) is 98.9 Å². The minimum absolute atomic E-state index is 0.167. The molecule has 19 heavy (non-hydrogen) atoms. The van der Waals surface area contributed by atoms with Gasteiger partial charge in [0, 0.05) is 18.6 Å². The monoisotopic (exact) mass is 331 g/mol. The molecule has 1 aliphatic rings. The first kappa shape index (κ1) is 13.8. The van der Waals surface area contributed by atoms with Crippen LogP contribution in [-0.4, -0.2) is 35.3 Å². The summed E-state index contributed by atoms with van der Waals surface area (Å²) in [6.07, 6.45) is 0.533. The van der Waals surface area contributed by atoms with E-state index in [0.717, 1.165) is 12.1 Å². The molecule has 1 N–H and O–H groups in total. The molecule has 2 rings (SSSR count). The van der Waals surface area contributed by atoms with Gasteiger partial charge in [0.2, 0.25) is 0 Å². The molecular formula is C11H10BrNO6. The van der Waals surface area contributed by atoms with Crippen LogP contribution in [0.15, 0.2) is 16.6 Å². The SMILES string of the molecule is O=C(O)c1cc(OC2CCOC2)c(Br)cc1[N+](=O)[O-]. The summed E-state index contributed by atoms with van der Waals surface area (Å²) >= 11 is 3.14. The fourth-order valence-electron chi connectivity index (χ4n) is 1.74. The Morgan fingerprint density at radius 3 is 2.84 bits per heavy atom. The highest BCUT2D eigenvalue weighted by molar-refractivity contribution is 9.10. The van der Waals surface area contributed by atoms with Crippen molar-refractivity contribution in [2.45, 2.75) is 12.5 Å². The van der Waals surface area contributed by atoms with Gasteiger partial charge in [-0.2, -0.15) is 0 Å². The molecule has 102 valence electrons. The summed E-state index contributed by atoms with van der Waals surface area (Å²) in [7, 11) is 0. The molecule has 1 atom stereocenters. The number of nitro groups is 1. The van der Waals surface area contributed by atoms with Gasteiger partial charge in [-0.05, 0) is 15.9 Å². The summed E-state index contributed by atoms with van der Waals surface area (Å²) < 4.78 is 11.1. The van der Waals surface area contributed by atoms with Crippen molar-refractivity contribution in [2.75, 3.05) is 13.2 Å². The van der Waals surface area contributed by atoms with Gasteiger partial charge in [-0.25, -0.2) is 4.79 Å². The normalized spacial score (nSPS) is 18.3. The molecule has 1 unspecified atom stereocenters. The van der Waals surface area contributed by atoms with Crippen LogP contribution in [0.2, 0.25) is 0 Å². The lowest BCUT2D eigenvalue weighted by Gasteiger charge is -2.13. The van der Waals surface area contributed by atoms with Crippen LogP contribution in [0.25, 0.3) is 0 Å². The third-order valence-electron chi connectivity index (χ3n) is 2.66. The second-order valence-electron chi connectivity index (χ2n) is 3.97. The molecule has 1 saturated heterocycles. The Kier molecular flexibility index (Phi) is 4.01. The van der Waals surface area contributed by atoms with E-state index in [2.05, 4.69) is 15.9 Å². The molecule has 1 fully saturated rings. The van der Waals surface area contributed by atoms with Gasteiger partial charge in [0.1, 0.15) is 17.4 Å². The highest BCUT2D eigenvalue weighted by Gasteiger charge is 2.25. The molecule has 7 nitrogen and oxygen atoms in total. The van der Waals surface area contributed by atoms with Gasteiger partial charge < -0.3 is 14.6 Å². The molecule has 0 aromatic heterocycles. The smallest absolute Gasteiger partial charge is 0.342 e. The lowest BCUT2D eigenvalue weighted by Crippen LogP contribution is -2.16. The predicted molar refractivity (Wildman–Crippen MR) is 67.6 cm³/mol. The Labute approximate surface area is 116 Å². The molecule has 0 aliphatic carbocycles. The third kappa shape index (κ3) is 3.02. The zero-order valence-electron chi connectivity index (χ0n) is 9.67. The first-order valence-corrected chi connectivity index (χ1v) is 6.24. The van der Waals surface area contributed by atoms with E-state index in [4.69, 9.17) is 14.6 Å². The number of halogens is 1. The van der Waals surface area contributed by atoms with Crippen molar-refractivity contribution < 1.29 is 24.3 Å². The number of nitro benzene ring substituents is 1. The third-order valence-corrected chi connectivity index (χ3v) is 3.28. The number of hydrogen-bond donors (Lipinski definition) is 1. The molecule has 0 amide bonds. The summed E-state index contributed by atoms with van der Waals surface area (Å²) in [5.74, 6) is -1.11. The Morgan fingerprint density at radius 2 is 2.32 bits per heavy atom. The predicted octanol–water partition coefficient (Wildman–Crippen LogP) is 2.22. The Morgan fingerprint density at radius 1 is 1.58 bits per heavy atom. The number of carboxylic acids is 1. The Bertz CT molecular complexity index is 526. The number of hydrogen-bond acceptors (Lipinski definition) is 5. The number of ether oxygens (including phenoxy) is 2. The van der Waals surface area contributed by atoms with E-state index in [0.29, 0.717) is 24.1 Å². The molecular weight excluding hydrogens is 322 g/mol. The van der Waals surface area contributed by atoms with Crippen molar-refractivity contribution in [3.8, 4) is 5.75 Å². The van der Waals surface area contributed by atoms with Crippen molar-refractivity contribution in [2.24, 2.45) is 0 Å². The van der Waals surface area contributed by atoms with Gasteiger partial charge >= 0.3 is 5.97 Å². The lowest BCUT2D eigenvalue weighted by molar-refractivity contribution is -0.385. The van der Waals surface area contributed by atoms with Crippen molar-refractivity contribution in [3.63, 3.8) is 0 Å². The number of rotatable bonds is 4. The standard InChI is InChI=1S/C11H10BrNO6/c12-8-4-9(13(16)17)7(11(14)15)3-10(8)19-6-1-2-18-5-6/h3-4,6H,1-2,5H2,(H,14,15). The first-order chi connectivity index (χ1) is 8.99. The molecule has 0 radical (unpaired) electrons. The maximum Gasteiger partial charge on any atom is 0.342 e. The van der Waals surface area contributed by atoms with Crippen LogP contribution in [0.5, 0.6) is 5.75 Å². The van der Waals surface area contributed by atoms with Gasteiger partial charge in [-0.1, -0.05) is 0 Å². The second-order valence-corrected chi connectivity index (χ2v) is 4.82. The molecule has 1 aromatic carbocycles. The van der Waals surface area contributed by atoms with Crippen molar-refractivity contribution in [1.82, 2.24) is 0 Å². The highest BCUT2D eigenvalue weighted by atomic mass is 79.9. The zero-order valence-corrected chi connectivity index (χ0v) is 11.3. The maximum atomic E-state index is 11.0. The van der Waals surface area contributed by atoms with Crippen molar-refractivity contribution >= 4 is 27.6 Å².